The molecule has 0 spiro atoms. The number of carbonyl (C=O) groups excluding carboxylic acids is 2. The van der Waals surface area contributed by atoms with Gasteiger partial charge in [0.25, 0.3) is 0 Å². The van der Waals surface area contributed by atoms with Crippen LogP contribution in [0.1, 0.15) is 226 Å². The lowest BCUT2D eigenvalue weighted by atomic mass is 9.84. The highest BCUT2D eigenvalue weighted by atomic mass is 16.1. The fourth-order valence-corrected chi connectivity index (χ4v) is 7.33. The Bertz CT molecular complexity index is 706. The number of Topliss-reactive ketones (excluding diaryl/α,β-unsaturated/α-hetero) is 1. The molecule has 1 aliphatic rings. The normalized spacial score (nSPS) is 14.3. The Morgan fingerprint density at radius 1 is 0.609 bits per heavy atom. The predicted octanol–water partition coefficient (Wildman–Crippen LogP) is 12.9. The van der Waals surface area contributed by atoms with Crippen LogP contribution < -0.4 is 5.32 Å². The number of aliphatic imine (C=N–C) groups is 1. The molecule has 0 amide bonds. The molecule has 0 aromatic heterocycles. The van der Waals surface area contributed by atoms with Crippen molar-refractivity contribution >= 4 is 17.9 Å². The van der Waals surface area contributed by atoms with Crippen LogP contribution in [0.25, 0.3) is 0 Å². The number of amidine groups is 1. The molecule has 0 radical (unpaired) electrons. The molecule has 0 fully saturated rings. The van der Waals surface area contributed by atoms with Crippen LogP contribution in [0, 0.1) is 11.8 Å². The minimum atomic E-state index is -0.133. The Morgan fingerprint density at radius 3 is 1.37 bits per heavy atom. The van der Waals surface area contributed by atoms with E-state index in [9.17, 15) is 9.59 Å². The van der Waals surface area contributed by atoms with E-state index in [0.717, 1.165) is 50.9 Å². The van der Waals surface area contributed by atoms with Gasteiger partial charge in [0.2, 0.25) is 0 Å². The summed E-state index contributed by atoms with van der Waals surface area (Å²) < 4.78 is 0. The molecule has 4 heteroatoms. The summed E-state index contributed by atoms with van der Waals surface area (Å²) in [5.41, 5.74) is 0. The van der Waals surface area contributed by atoms with Crippen molar-refractivity contribution in [1.29, 1.82) is 0 Å². The quantitative estimate of drug-likeness (QED) is 0.0541. The lowest BCUT2D eigenvalue weighted by Gasteiger charge is -2.22. The molecular formula is C42H80N2O2. The van der Waals surface area contributed by atoms with E-state index in [2.05, 4.69) is 19.2 Å². The largest absolute Gasteiger partial charge is 0.372 e. The number of rotatable bonds is 37. The van der Waals surface area contributed by atoms with Gasteiger partial charge in [-0.2, -0.15) is 0 Å². The number of nitrogens with one attached hydrogen (secondary N) is 1. The molecule has 1 aliphatic heterocycles. The molecular weight excluding hydrogens is 564 g/mol. The standard InChI is InChI=1S/C42H80N2O2/c1-3-5-7-9-11-13-15-17-19-21-23-25-27-29-31-33-41(46)39(34-37-45)38-40(42-43-35-36-44-42)32-30-28-26-24-22-20-18-16-14-12-10-8-6-4-2/h37,39-40H,3-36,38H2,1-2H3,(H,43,44). The lowest BCUT2D eigenvalue weighted by molar-refractivity contribution is -0.125. The molecule has 0 bridgehead atoms. The lowest BCUT2D eigenvalue weighted by Crippen LogP contribution is -2.30. The van der Waals surface area contributed by atoms with Crippen LogP contribution >= 0.6 is 0 Å². The highest BCUT2D eigenvalue weighted by molar-refractivity contribution is 5.88. The minimum absolute atomic E-state index is 0.133. The number of hydrogen-bond acceptors (Lipinski definition) is 4. The zero-order valence-corrected chi connectivity index (χ0v) is 31.2. The first kappa shape index (κ1) is 42.8. The van der Waals surface area contributed by atoms with E-state index in [1.54, 1.807) is 0 Å². The zero-order valence-electron chi connectivity index (χ0n) is 31.2. The second-order valence-corrected chi connectivity index (χ2v) is 14.8. The van der Waals surface area contributed by atoms with Crippen LogP contribution in [-0.4, -0.2) is 31.0 Å². The van der Waals surface area contributed by atoms with Gasteiger partial charge in [-0.1, -0.05) is 194 Å². The van der Waals surface area contributed by atoms with Gasteiger partial charge in [0.1, 0.15) is 12.1 Å². The van der Waals surface area contributed by atoms with Crippen LogP contribution in [-0.2, 0) is 9.59 Å². The van der Waals surface area contributed by atoms with Gasteiger partial charge in [-0.05, 0) is 19.3 Å². The number of hydrogen-bond donors (Lipinski definition) is 1. The first-order valence-corrected chi connectivity index (χ1v) is 21.0. The van der Waals surface area contributed by atoms with Crippen molar-refractivity contribution in [2.45, 2.75) is 226 Å². The van der Waals surface area contributed by atoms with Crippen molar-refractivity contribution in [1.82, 2.24) is 5.32 Å². The third-order valence-corrected chi connectivity index (χ3v) is 10.4. The average Bonchev–Trinajstić information content (AvgIpc) is 3.61. The van der Waals surface area contributed by atoms with Gasteiger partial charge >= 0.3 is 0 Å². The molecule has 46 heavy (non-hydrogen) atoms. The summed E-state index contributed by atoms with van der Waals surface area (Å²) >= 11 is 0. The number of carbonyl (C=O) groups is 2. The van der Waals surface area contributed by atoms with Crippen molar-refractivity contribution in [2.24, 2.45) is 16.8 Å². The summed E-state index contributed by atoms with van der Waals surface area (Å²) in [6.07, 6.45) is 43.1. The molecule has 0 aromatic carbocycles. The van der Waals surface area contributed by atoms with Gasteiger partial charge in [-0.15, -0.1) is 0 Å². The molecule has 1 rings (SSSR count). The molecule has 0 saturated carbocycles. The monoisotopic (exact) mass is 645 g/mol. The van der Waals surface area contributed by atoms with E-state index < -0.39 is 0 Å². The first-order valence-electron chi connectivity index (χ1n) is 21.0. The summed E-state index contributed by atoms with van der Waals surface area (Å²) in [6.45, 7) is 6.33. The Labute approximate surface area is 287 Å². The average molecular weight is 645 g/mol. The summed E-state index contributed by atoms with van der Waals surface area (Å²) in [6, 6.07) is 0. The highest BCUT2D eigenvalue weighted by Gasteiger charge is 2.26. The Morgan fingerprint density at radius 2 is 1.00 bits per heavy atom. The maximum atomic E-state index is 13.2. The van der Waals surface area contributed by atoms with Crippen molar-refractivity contribution in [3.8, 4) is 0 Å². The maximum Gasteiger partial charge on any atom is 0.136 e. The van der Waals surface area contributed by atoms with Gasteiger partial charge in [-0.25, -0.2) is 0 Å². The molecule has 0 aliphatic carbocycles. The molecule has 0 aromatic rings. The van der Waals surface area contributed by atoms with Crippen molar-refractivity contribution in [3.05, 3.63) is 0 Å². The van der Waals surface area contributed by atoms with E-state index in [0.29, 0.717) is 24.5 Å². The van der Waals surface area contributed by atoms with Crippen molar-refractivity contribution < 1.29 is 9.59 Å². The molecule has 2 atom stereocenters. The van der Waals surface area contributed by atoms with E-state index in [-0.39, 0.29) is 5.92 Å². The SMILES string of the molecule is CCCCCCCCCCCCCCCCCC(=O)C(CC=O)CC(CCCCCCCCCCCCCCCC)C1=NCCN1. The molecule has 1 N–H and O–H groups in total. The topological polar surface area (TPSA) is 58.5 Å². The first-order chi connectivity index (χ1) is 22.7. The van der Waals surface area contributed by atoms with Gasteiger partial charge < -0.3 is 10.1 Å². The molecule has 2 unspecified atom stereocenters. The third kappa shape index (κ3) is 25.8. The van der Waals surface area contributed by atoms with Gasteiger partial charge in [-0.3, -0.25) is 9.79 Å². The molecule has 0 saturated heterocycles. The smallest absolute Gasteiger partial charge is 0.136 e. The second-order valence-electron chi connectivity index (χ2n) is 14.8. The number of ketones is 1. The highest BCUT2D eigenvalue weighted by Crippen LogP contribution is 2.26. The van der Waals surface area contributed by atoms with Crippen LogP contribution in [0.3, 0.4) is 0 Å². The maximum absolute atomic E-state index is 13.2. The molecule has 1 heterocycles. The predicted molar refractivity (Wildman–Crippen MR) is 202 cm³/mol. The fourth-order valence-electron chi connectivity index (χ4n) is 7.33. The summed E-state index contributed by atoms with van der Waals surface area (Å²) in [4.78, 5) is 29.5. The second kappa shape index (κ2) is 33.7. The fraction of sp³-hybridized carbons (Fsp3) is 0.929. The number of nitrogens with zero attached hydrogens (tertiary/aromatic N) is 1. The zero-order chi connectivity index (χ0) is 33.2. The van der Waals surface area contributed by atoms with E-state index in [1.165, 1.54) is 173 Å². The molecule has 270 valence electrons. The molecule has 4 nitrogen and oxygen atoms in total. The number of aldehydes is 1. The van der Waals surface area contributed by atoms with Gasteiger partial charge in [0.05, 0.1) is 12.4 Å². The van der Waals surface area contributed by atoms with Crippen molar-refractivity contribution in [3.63, 3.8) is 0 Å². The Balaban J connectivity index is 2.15. The van der Waals surface area contributed by atoms with Crippen LogP contribution in [0.4, 0.5) is 0 Å². The van der Waals surface area contributed by atoms with Gasteiger partial charge in [0, 0.05) is 31.2 Å². The van der Waals surface area contributed by atoms with Crippen molar-refractivity contribution in [2.75, 3.05) is 13.1 Å². The number of unbranched alkanes of at least 4 members (excludes halogenated alkanes) is 27. The van der Waals surface area contributed by atoms with E-state index in [1.807, 2.05) is 0 Å². The van der Waals surface area contributed by atoms with Gasteiger partial charge in [0.15, 0.2) is 0 Å². The Kier molecular flexibility index (Phi) is 31.4. The van der Waals surface area contributed by atoms with Crippen LogP contribution in [0.5, 0.6) is 0 Å². The minimum Gasteiger partial charge on any atom is -0.372 e. The van der Waals surface area contributed by atoms with Crippen LogP contribution in [0.15, 0.2) is 4.99 Å². The Hall–Kier alpha value is -1.19. The third-order valence-electron chi connectivity index (χ3n) is 10.4. The van der Waals surface area contributed by atoms with E-state index >= 15 is 0 Å². The summed E-state index contributed by atoms with van der Waals surface area (Å²) in [5, 5.41) is 3.49. The van der Waals surface area contributed by atoms with Crippen LogP contribution in [0.2, 0.25) is 0 Å². The van der Waals surface area contributed by atoms with E-state index in [4.69, 9.17) is 4.99 Å². The summed E-state index contributed by atoms with van der Waals surface area (Å²) in [7, 11) is 0. The summed E-state index contributed by atoms with van der Waals surface area (Å²) in [5.74, 6) is 1.58.